The van der Waals surface area contributed by atoms with Crippen molar-refractivity contribution >= 4 is 27.5 Å². The molecule has 20 heavy (non-hydrogen) atoms. The van der Waals surface area contributed by atoms with Crippen LogP contribution in [0.5, 0.6) is 11.5 Å². The van der Waals surface area contributed by atoms with Gasteiger partial charge in [-0.3, -0.25) is 0 Å². The average molecular weight is 355 g/mol. The molecule has 2 aromatic carbocycles. The molecule has 0 aliphatic rings. The van der Waals surface area contributed by atoms with Crippen LogP contribution < -0.4 is 10.5 Å². The molecule has 0 fully saturated rings. The van der Waals surface area contributed by atoms with E-state index in [2.05, 4.69) is 22.9 Å². The zero-order chi connectivity index (χ0) is 14.5. The summed E-state index contributed by atoms with van der Waals surface area (Å²) in [5.74, 6) is 1.51. The normalized spacial score (nSPS) is 12.2. The molecule has 2 nitrogen and oxygen atoms in total. The third-order valence-electron chi connectivity index (χ3n) is 3.08. The van der Waals surface area contributed by atoms with Gasteiger partial charge in [-0.2, -0.15) is 0 Å². The molecular weight excluding hydrogens is 338 g/mol. The Morgan fingerprint density at radius 1 is 1.15 bits per heavy atom. The van der Waals surface area contributed by atoms with Crippen molar-refractivity contribution in [3.05, 3.63) is 57.5 Å². The second kappa shape index (κ2) is 7.11. The zero-order valence-electron chi connectivity index (χ0n) is 11.3. The Kier molecular flexibility index (Phi) is 5.46. The van der Waals surface area contributed by atoms with Crippen molar-refractivity contribution in [1.82, 2.24) is 0 Å². The van der Waals surface area contributed by atoms with Crippen LogP contribution in [-0.2, 0) is 6.42 Å². The smallest absolute Gasteiger partial charge is 0.128 e. The van der Waals surface area contributed by atoms with Gasteiger partial charge in [-0.05, 0) is 54.8 Å². The van der Waals surface area contributed by atoms with E-state index in [1.807, 2.05) is 42.5 Å². The fraction of sp³-hybridized carbons (Fsp3) is 0.250. The first kappa shape index (κ1) is 15.4. The summed E-state index contributed by atoms with van der Waals surface area (Å²) >= 11 is 9.67. The summed E-state index contributed by atoms with van der Waals surface area (Å²) in [6, 6.07) is 13.6. The Balaban J connectivity index is 2.10. The molecule has 0 radical (unpaired) electrons. The maximum absolute atomic E-state index is 6.28. The van der Waals surface area contributed by atoms with Crippen LogP contribution in [0.3, 0.4) is 0 Å². The quantitative estimate of drug-likeness (QED) is 0.803. The average Bonchev–Trinajstić information content (AvgIpc) is 2.44. The number of rotatable bonds is 5. The molecule has 0 aromatic heterocycles. The zero-order valence-corrected chi connectivity index (χ0v) is 13.6. The SMILES string of the molecule is CCC(N)Cc1ccc(Oc2ccc(Br)cc2)cc1Cl. The van der Waals surface area contributed by atoms with E-state index in [4.69, 9.17) is 22.1 Å². The highest BCUT2D eigenvalue weighted by Gasteiger charge is 2.07. The van der Waals surface area contributed by atoms with Crippen LogP contribution in [0.1, 0.15) is 18.9 Å². The van der Waals surface area contributed by atoms with E-state index in [0.717, 1.165) is 34.4 Å². The van der Waals surface area contributed by atoms with E-state index in [-0.39, 0.29) is 6.04 Å². The third-order valence-corrected chi connectivity index (χ3v) is 3.96. The lowest BCUT2D eigenvalue weighted by atomic mass is 10.0. The monoisotopic (exact) mass is 353 g/mol. The lowest BCUT2D eigenvalue weighted by molar-refractivity contribution is 0.482. The van der Waals surface area contributed by atoms with Gasteiger partial charge in [0.15, 0.2) is 0 Å². The highest BCUT2D eigenvalue weighted by atomic mass is 79.9. The molecule has 0 saturated carbocycles. The van der Waals surface area contributed by atoms with Crippen LogP contribution in [-0.4, -0.2) is 6.04 Å². The van der Waals surface area contributed by atoms with Crippen molar-refractivity contribution in [1.29, 1.82) is 0 Å². The summed E-state index contributed by atoms with van der Waals surface area (Å²) in [5.41, 5.74) is 7.01. The Morgan fingerprint density at radius 3 is 2.40 bits per heavy atom. The van der Waals surface area contributed by atoms with Gasteiger partial charge in [0.05, 0.1) is 0 Å². The molecule has 0 aliphatic heterocycles. The molecule has 2 N–H and O–H groups in total. The molecule has 4 heteroatoms. The lowest BCUT2D eigenvalue weighted by Gasteiger charge is -2.12. The lowest BCUT2D eigenvalue weighted by Crippen LogP contribution is -2.21. The van der Waals surface area contributed by atoms with Gasteiger partial charge in [0.2, 0.25) is 0 Å². The molecule has 0 amide bonds. The van der Waals surface area contributed by atoms with Gasteiger partial charge in [-0.15, -0.1) is 0 Å². The molecule has 0 saturated heterocycles. The minimum Gasteiger partial charge on any atom is -0.457 e. The number of ether oxygens (including phenoxy) is 1. The topological polar surface area (TPSA) is 35.2 Å². The summed E-state index contributed by atoms with van der Waals surface area (Å²) in [4.78, 5) is 0. The molecule has 106 valence electrons. The van der Waals surface area contributed by atoms with Gasteiger partial charge in [0, 0.05) is 15.5 Å². The van der Waals surface area contributed by atoms with E-state index in [1.54, 1.807) is 0 Å². The molecule has 1 atom stereocenters. The van der Waals surface area contributed by atoms with Gasteiger partial charge in [-0.1, -0.05) is 40.5 Å². The van der Waals surface area contributed by atoms with Crippen LogP contribution in [0.2, 0.25) is 5.02 Å². The van der Waals surface area contributed by atoms with Crippen LogP contribution in [0.25, 0.3) is 0 Å². The predicted octanol–water partition coefficient (Wildman–Crippen LogP) is 5.17. The molecule has 2 aromatic rings. The summed E-state index contributed by atoms with van der Waals surface area (Å²) in [5, 5.41) is 0.698. The summed E-state index contributed by atoms with van der Waals surface area (Å²) in [6.07, 6.45) is 1.72. The van der Waals surface area contributed by atoms with Crippen LogP contribution in [0.4, 0.5) is 0 Å². The van der Waals surface area contributed by atoms with Gasteiger partial charge in [0.25, 0.3) is 0 Å². The standard InChI is InChI=1S/C16H17BrClNO/c1-2-13(19)9-11-3-6-15(10-16(11)18)20-14-7-4-12(17)5-8-14/h3-8,10,13H,2,9,19H2,1H3. The van der Waals surface area contributed by atoms with Crippen LogP contribution in [0, 0.1) is 0 Å². The second-order valence-corrected chi connectivity index (χ2v) is 6.00. The summed E-state index contributed by atoms with van der Waals surface area (Å²) in [6.45, 7) is 2.07. The predicted molar refractivity (Wildman–Crippen MR) is 87.6 cm³/mol. The Labute approximate surface area is 133 Å². The molecular formula is C16H17BrClNO. The largest absolute Gasteiger partial charge is 0.457 e. The molecule has 0 aliphatic carbocycles. The third kappa shape index (κ3) is 4.23. The van der Waals surface area contributed by atoms with Gasteiger partial charge in [-0.25, -0.2) is 0 Å². The van der Waals surface area contributed by atoms with E-state index < -0.39 is 0 Å². The number of hydrogen-bond acceptors (Lipinski definition) is 2. The molecule has 0 heterocycles. The Morgan fingerprint density at radius 2 is 1.80 bits per heavy atom. The maximum atomic E-state index is 6.28. The van der Waals surface area contributed by atoms with Crippen LogP contribution in [0.15, 0.2) is 46.9 Å². The number of halogens is 2. The van der Waals surface area contributed by atoms with Crippen molar-refractivity contribution in [3.8, 4) is 11.5 Å². The number of nitrogens with two attached hydrogens (primary N) is 1. The van der Waals surface area contributed by atoms with Crippen LogP contribution >= 0.6 is 27.5 Å². The molecule has 0 bridgehead atoms. The molecule has 2 rings (SSSR count). The first-order valence-corrected chi connectivity index (χ1v) is 7.73. The minimum atomic E-state index is 0.144. The summed E-state index contributed by atoms with van der Waals surface area (Å²) < 4.78 is 6.78. The van der Waals surface area contributed by atoms with Gasteiger partial charge >= 0.3 is 0 Å². The Bertz CT molecular complexity index is 571. The van der Waals surface area contributed by atoms with Crippen molar-refractivity contribution in [2.24, 2.45) is 5.73 Å². The van der Waals surface area contributed by atoms with E-state index in [0.29, 0.717) is 5.02 Å². The van der Waals surface area contributed by atoms with Crippen molar-refractivity contribution in [2.45, 2.75) is 25.8 Å². The van der Waals surface area contributed by atoms with Crippen molar-refractivity contribution in [2.75, 3.05) is 0 Å². The van der Waals surface area contributed by atoms with Crippen molar-refractivity contribution < 1.29 is 4.74 Å². The number of benzene rings is 2. The van der Waals surface area contributed by atoms with E-state index in [9.17, 15) is 0 Å². The molecule has 1 unspecified atom stereocenters. The highest BCUT2D eigenvalue weighted by molar-refractivity contribution is 9.10. The second-order valence-electron chi connectivity index (χ2n) is 4.68. The minimum absolute atomic E-state index is 0.144. The number of hydrogen-bond donors (Lipinski definition) is 1. The fourth-order valence-electron chi connectivity index (χ4n) is 1.82. The highest BCUT2D eigenvalue weighted by Crippen LogP contribution is 2.28. The van der Waals surface area contributed by atoms with Crippen molar-refractivity contribution in [3.63, 3.8) is 0 Å². The first-order valence-electron chi connectivity index (χ1n) is 6.56. The summed E-state index contributed by atoms with van der Waals surface area (Å²) in [7, 11) is 0. The maximum Gasteiger partial charge on any atom is 0.128 e. The van der Waals surface area contributed by atoms with E-state index in [1.165, 1.54) is 0 Å². The fourth-order valence-corrected chi connectivity index (χ4v) is 2.33. The first-order chi connectivity index (χ1) is 9.58. The van der Waals surface area contributed by atoms with E-state index >= 15 is 0 Å². The van der Waals surface area contributed by atoms with Gasteiger partial charge in [0.1, 0.15) is 11.5 Å². The Hall–Kier alpha value is -1.03. The van der Waals surface area contributed by atoms with Gasteiger partial charge < -0.3 is 10.5 Å². The molecule has 0 spiro atoms.